The second-order valence-corrected chi connectivity index (χ2v) is 7.00. The zero-order chi connectivity index (χ0) is 17.7. The van der Waals surface area contributed by atoms with E-state index in [1.54, 1.807) is 18.2 Å². The Morgan fingerprint density at radius 2 is 1.75 bits per heavy atom. The third-order valence-corrected chi connectivity index (χ3v) is 4.73. The van der Waals surface area contributed by atoms with E-state index < -0.39 is 5.97 Å². The van der Waals surface area contributed by atoms with Gasteiger partial charge in [-0.3, -0.25) is 4.79 Å². The molecule has 0 saturated carbocycles. The summed E-state index contributed by atoms with van der Waals surface area (Å²) >= 11 is 1.50. The molecular weight excluding hydrogens is 322 g/mol. The van der Waals surface area contributed by atoms with Crippen molar-refractivity contribution in [3.05, 3.63) is 59.2 Å². The van der Waals surface area contributed by atoms with Crippen molar-refractivity contribution in [2.75, 3.05) is 12.4 Å². The highest BCUT2D eigenvalue weighted by Crippen LogP contribution is 2.25. The van der Waals surface area contributed by atoms with Crippen LogP contribution in [-0.4, -0.2) is 24.2 Å². The fraction of sp³-hybridized carbons (Fsp3) is 0.263. The number of rotatable bonds is 5. The molecule has 0 aliphatic carbocycles. The highest BCUT2D eigenvalue weighted by molar-refractivity contribution is 8.00. The second kappa shape index (κ2) is 8.02. The monoisotopic (exact) mass is 343 g/mol. The molecule has 24 heavy (non-hydrogen) atoms. The summed E-state index contributed by atoms with van der Waals surface area (Å²) in [4.78, 5) is 25.1. The van der Waals surface area contributed by atoms with E-state index in [1.807, 2.05) is 45.0 Å². The van der Waals surface area contributed by atoms with Gasteiger partial charge in [0.1, 0.15) is 0 Å². The van der Waals surface area contributed by atoms with Crippen molar-refractivity contribution < 1.29 is 14.3 Å². The van der Waals surface area contributed by atoms with Crippen LogP contribution in [0.25, 0.3) is 0 Å². The van der Waals surface area contributed by atoms with Crippen LogP contribution in [0.15, 0.2) is 47.4 Å². The Morgan fingerprint density at radius 1 is 1.08 bits per heavy atom. The van der Waals surface area contributed by atoms with Gasteiger partial charge in [0.15, 0.2) is 0 Å². The number of hydrogen-bond acceptors (Lipinski definition) is 4. The molecule has 1 amide bonds. The molecule has 0 fully saturated rings. The van der Waals surface area contributed by atoms with Crippen LogP contribution in [0.2, 0.25) is 0 Å². The van der Waals surface area contributed by atoms with Crippen LogP contribution >= 0.6 is 11.8 Å². The lowest BCUT2D eigenvalue weighted by Gasteiger charge is -2.14. The number of carbonyl (C=O) groups is 2. The maximum absolute atomic E-state index is 12.4. The fourth-order valence-corrected chi connectivity index (χ4v) is 2.98. The summed E-state index contributed by atoms with van der Waals surface area (Å²) in [6, 6.07) is 13.2. The maximum atomic E-state index is 12.4. The Balaban J connectivity index is 2.08. The van der Waals surface area contributed by atoms with E-state index in [0.717, 1.165) is 10.5 Å². The number of carbonyl (C=O) groups excluding carboxylic acids is 2. The average Bonchev–Trinajstić information content (AvgIpc) is 2.58. The average molecular weight is 343 g/mol. The number of ether oxygens (including phenoxy) is 1. The molecule has 2 rings (SSSR count). The van der Waals surface area contributed by atoms with Gasteiger partial charge in [-0.1, -0.05) is 23.8 Å². The summed E-state index contributed by atoms with van der Waals surface area (Å²) in [5.41, 5.74) is 3.12. The minimum atomic E-state index is -0.424. The molecule has 2 aromatic rings. The number of hydrogen-bond donors (Lipinski definition) is 1. The number of thioether (sulfide) groups is 1. The van der Waals surface area contributed by atoms with Crippen LogP contribution in [0.1, 0.15) is 28.4 Å². The third-order valence-electron chi connectivity index (χ3n) is 3.62. The Hall–Kier alpha value is -2.27. The predicted octanol–water partition coefficient (Wildman–Crippen LogP) is 4.21. The van der Waals surface area contributed by atoms with E-state index in [2.05, 4.69) is 5.32 Å². The van der Waals surface area contributed by atoms with Crippen molar-refractivity contribution in [1.29, 1.82) is 0 Å². The Labute approximate surface area is 146 Å². The molecule has 4 nitrogen and oxygen atoms in total. The van der Waals surface area contributed by atoms with E-state index in [1.165, 1.54) is 24.4 Å². The van der Waals surface area contributed by atoms with Gasteiger partial charge in [0.05, 0.1) is 17.9 Å². The second-order valence-electron chi connectivity index (χ2n) is 5.58. The topological polar surface area (TPSA) is 55.4 Å². The van der Waals surface area contributed by atoms with Gasteiger partial charge in [0.2, 0.25) is 5.91 Å². The SMILES string of the molecule is COC(=O)c1ccc(C)c(NC(=O)[C@H](C)Sc2ccc(C)cc2)c1. The van der Waals surface area contributed by atoms with Crippen molar-refractivity contribution in [3.8, 4) is 0 Å². The van der Waals surface area contributed by atoms with Gasteiger partial charge < -0.3 is 10.1 Å². The smallest absolute Gasteiger partial charge is 0.337 e. The number of methoxy groups -OCH3 is 1. The largest absolute Gasteiger partial charge is 0.465 e. The van der Waals surface area contributed by atoms with Crippen LogP contribution < -0.4 is 5.32 Å². The van der Waals surface area contributed by atoms with Gasteiger partial charge in [-0.15, -0.1) is 11.8 Å². The number of amides is 1. The predicted molar refractivity (Wildman–Crippen MR) is 97.6 cm³/mol. The molecule has 0 aliphatic heterocycles. The minimum absolute atomic E-state index is 0.106. The lowest BCUT2D eigenvalue weighted by atomic mass is 10.1. The highest BCUT2D eigenvalue weighted by Gasteiger charge is 2.16. The summed E-state index contributed by atoms with van der Waals surface area (Å²) in [7, 11) is 1.33. The molecule has 0 spiro atoms. The Bertz CT molecular complexity index is 741. The molecule has 0 aromatic heterocycles. The zero-order valence-corrected chi connectivity index (χ0v) is 15.1. The van der Waals surface area contributed by atoms with Gasteiger partial charge in [0, 0.05) is 10.6 Å². The van der Waals surface area contributed by atoms with Crippen molar-refractivity contribution in [3.63, 3.8) is 0 Å². The van der Waals surface area contributed by atoms with Crippen molar-refractivity contribution in [2.24, 2.45) is 0 Å². The maximum Gasteiger partial charge on any atom is 0.337 e. The quantitative estimate of drug-likeness (QED) is 0.653. The van der Waals surface area contributed by atoms with Gasteiger partial charge in [-0.2, -0.15) is 0 Å². The highest BCUT2D eigenvalue weighted by atomic mass is 32.2. The summed E-state index contributed by atoms with van der Waals surface area (Å²) in [5.74, 6) is -0.529. The van der Waals surface area contributed by atoms with E-state index in [4.69, 9.17) is 4.74 Å². The molecular formula is C19H21NO3S. The summed E-state index contributed by atoms with van der Waals surface area (Å²) < 4.78 is 4.72. The first kappa shape index (κ1) is 18.1. The van der Waals surface area contributed by atoms with Crippen molar-refractivity contribution >= 4 is 29.3 Å². The van der Waals surface area contributed by atoms with Gasteiger partial charge >= 0.3 is 5.97 Å². The van der Waals surface area contributed by atoms with Gasteiger partial charge in [0.25, 0.3) is 0 Å². The molecule has 5 heteroatoms. The standard InChI is InChI=1S/C19H21NO3S/c1-12-5-9-16(10-6-12)24-14(3)18(21)20-17-11-15(19(22)23-4)8-7-13(17)2/h5-11,14H,1-4H3,(H,20,21)/t14-/m0/s1. The van der Waals surface area contributed by atoms with Crippen molar-refractivity contribution in [1.82, 2.24) is 0 Å². The Kier molecular flexibility index (Phi) is 6.04. The molecule has 0 unspecified atom stereocenters. The number of aryl methyl sites for hydroxylation is 2. The van der Waals surface area contributed by atoms with E-state index in [0.29, 0.717) is 11.3 Å². The first-order chi connectivity index (χ1) is 11.4. The molecule has 0 radical (unpaired) electrons. The van der Waals surface area contributed by atoms with E-state index in [9.17, 15) is 9.59 Å². The molecule has 2 aromatic carbocycles. The minimum Gasteiger partial charge on any atom is -0.465 e. The lowest BCUT2D eigenvalue weighted by Crippen LogP contribution is -2.23. The summed E-state index contributed by atoms with van der Waals surface area (Å²) in [6.07, 6.45) is 0. The molecule has 1 N–H and O–H groups in total. The molecule has 0 aliphatic rings. The van der Waals surface area contributed by atoms with Gasteiger partial charge in [-0.05, 0) is 50.6 Å². The first-order valence-electron chi connectivity index (χ1n) is 7.64. The molecule has 0 bridgehead atoms. The van der Waals surface area contributed by atoms with Crippen LogP contribution in [0.3, 0.4) is 0 Å². The lowest BCUT2D eigenvalue weighted by molar-refractivity contribution is -0.115. The summed E-state index contributed by atoms with van der Waals surface area (Å²) in [6.45, 7) is 5.77. The van der Waals surface area contributed by atoms with E-state index in [-0.39, 0.29) is 11.2 Å². The van der Waals surface area contributed by atoms with Crippen LogP contribution in [-0.2, 0) is 9.53 Å². The Morgan fingerprint density at radius 3 is 2.38 bits per heavy atom. The van der Waals surface area contributed by atoms with Crippen LogP contribution in [0.4, 0.5) is 5.69 Å². The summed E-state index contributed by atoms with van der Waals surface area (Å²) in [5, 5.41) is 2.64. The first-order valence-corrected chi connectivity index (χ1v) is 8.52. The number of esters is 1. The number of benzene rings is 2. The van der Waals surface area contributed by atoms with Gasteiger partial charge in [-0.25, -0.2) is 4.79 Å². The van der Waals surface area contributed by atoms with Crippen LogP contribution in [0.5, 0.6) is 0 Å². The zero-order valence-electron chi connectivity index (χ0n) is 14.3. The molecule has 0 heterocycles. The number of anilines is 1. The molecule has 126 valence electrons. The van der Waals surface area contributed by atoms with Crippen molar-refractivity contribution in [2.45, 2.75) is 30.9 Å². The van der Waals surface area contributed by atoms with E-state index >= 15 is 0 Å². The van der Waals surface area contributed by atoms with Crippen LogP contribution in [0, 0.1) is 13.8 Å². The molecule has 0 saturated heterocycles. The molecule has 1 atom stereocenters. The fourth-order valence-electron chi connectivity index (χ4n) is 2.11. The third kappa shape index (κ3) is 4.61. The normalized spacial score (nSPS) is 11.7. The number of nitrogens with one attached hydrogen (secondary N) is 1.